The summed E-state index contributed by atoms with van der Waals surface area (Å²) in [5.41, 5.74) is 1.73. The monoisotopic (exact) mass is 316 g/mol. The number of hydrogen-bond acceptors (Lipinski definition) is 4. The fourth-order valence-corrected chi connectivity index (χ4v) is 1.82. The second kappa shape index (κ2) is 7.44. The molecule has 0 spiro atoms. The Balaban J connectivity index is 1.90. The zero-order chi connectivity index (χ0) is 16.8. The Bertz CT molecular complexity index is 680. The van der Waals surface area contributed by atoms with Crippen LogP contribution in [0.3, 0.4) is 0 Å². The van der Waals surface area contributed by atoms with Crippen molar-refractivity contribution in [1.29, 1.82) is 0 Å². The van der Waals surface area contributed by atoms with Crippen LogP contribution in [-0.4, -0.2) is 53.7 Å². The lowest BCUT2D eigenvalue weighted by atomic mass is 10.3. The molecule has 0 aliphatic carbocycles. The number of rotatable bonds is 6. The van der Waals surface area contributed by atoms with Crippen LogP contribution in [0.1, 0.15) is 5.56 Å². The molecule has 0 saturated heterocycles. The average molecular weight is 316 g/mol. The van der Waals surface area contributed by atoms with Crippen LogP contribution in [0.15, 0.2) is 36.5 Å². The van der Waals surface area contributed by atoms with Crippen LogP contribution in [0.5, 0.6) is 5.88 Å². The van der Waals surface area contributed by atoms with E-state index in [0.717, 1.165) is 11.3 Å². The average Bonchev–Trinajstić information content (AvgIpc) is 2.92. The van der Waals surface area contributed by atoms with E-state index in [0.29, 0.717) is 5.88 Å². The Morgan fingerprint density at radius 2 is 1.96 bits per heavy atom. The van der Waals surface area contributed by atoms with Crippen LogP contribution >= 0.6 is 0 Å². The van der Waals surface area contributed by atoms with E-state index in [-0.39, 0.29) is 25.0 Å². The first-order valence-electron chi connectivity index (χ1n) is 7.18. The molecular weight excluding hydrogens is 296 g/mol. The van der Waals surface area contributed by atoms with Crippen molar-refractivity contribution in [3.8, 4) is 11.6 Å². The van der Waals surface area contributed by atoms with Gasteiger partial charge in [-0.25, -0.2) is 4.68 Å². The van der Waals surface area contributed by atoms with Gasteiger partial charge < -0.3 is 15.0 Å². The molecule has 1 aromatic heterocycles. The summed E-state index contributed by atoms with van der Waals surface area (Å²) in [4.78, 5) is 24.5. The third kappa shape index (κ3) is 4.57. The number of nitrogens with one attached hydrogen (secondary N) is 1. The fraction of sp³-hybridized carbons (Fsp3) is 0.312. The smallest absolute Gasteiger partial charge is 0.258 e. The predicted molar refractivity (Wildman–Crippen MR) is 85.5 cm³/mol. The van der Waals surface area contributed by atoms with E-state index in [4.69, 9.17) is 4.74 Å². The van der Waals surface area contributed by atoms with Crippen molar-refractivity contribution in [2.24, 2.45) is 0 Å². The number of benzene rings is 1. The van der Waals surface area contributed by atoms with Gasteiger partial charge in [0.25, 0.3) is 5.91 Å². The van der Waals surface area contributed by atoms with E-state index in [1.165, 1.54) is 4.90 Å². The maximum absolute atomic E-state index is 11.7. The van der Waals surface area contributed by atoms with Crippen LogP contribution in [-0.2, 0) is 9.59 Å². The minimum Gasteiger partial charge on any atom is -0.466 e. The first-order chi connectivity index (χ1) is 11.0. The summed E-state index contributed by atoms with van der Waals surface area (Å²) in [7, 11) is 3.26. The van der Waals surface area contributed by atoms with Gasteiger partial charge in [0.2, 0.25) is 11.8 Å². The number of hydrogen-bond donors (Lipinski definition) is 1. The number of para-hydroxylation sites is 1. The first-order valence-corrected chi connectivity index (χ1v) is 7.18. The number of aryl methyl sites for hydroxylation is 1. The third-order valence-corrected chi connectivity index (χ3v) is 3.15. The van der Waals surface area contributed by atoms with Gasteiger partial charge >= 0.3 is 0 Å². The van der Waals surface area contributed by atoms with Crippen molar-refractivity contribution in [2.45, 2.75) is 6.92 Å². The summed E-state index contributed by atoms with van der Waals surface area (Å²) in [5.74, 6) is -0.153. The highest BCUT2D eigenvalue weighted by molar-refractivity contribution is 5.85. The Morgan fingerprint density at radius 3 is 2.61 bits per heavy atom. The van der Waals surface area contributed by atoms with E-state index in [1.807, 2.05) is 43.5 Å². The molecule has 0 aliphatic rings. The van der Waals surface area contributed by atoms with E-state index in [9.17, 15) is 9.59 Å². The minimum absolute atomic E-state index is 0.0490. The lowest BCUT2D eigenvalue weighted by molar-refractivity contribution is -0.131. The molecule has 0 atom stereocenters. The van der Waals surface area contributed by atoms with Crippen molar-refractivity contribution >= 4 is 11.8 Å². The van der Waals surface area contributed by atoms with Crippen molar-refractivity contribution < 1.29 is 14.3 Å². The van der Waals surface area contributed by atoms with Crippen molar-refractivity contribution in [2.75, 3.05) is 27.2 Å². The molecule has 0 saturated carbocycles. The first kappa shape index (κ1) is 16.5. The highest BCUT2D eigenvalue weighted by Crippen LogP contribution is 2.17. The van der Waals surface area contributed by atoms with Gasteiger partial charge in [-0.2, -0.15) is 0 Å². The highest BCUT2D eigenvalue weighted by Gasteiger charge is 2.11. The zero-order valence-electron chi connectivity index (χ0n) is 13.4. The Labute approximate surface area is 134 Å². The maximum Gasteiger partial charge on any atom is 0.258 e. The lowest BCUT2D eigenvalue weighted by Gasteiger charge is -2.11. The molecule has 7 nitrogen and oxygen atoms in total. The van der Waals surface area contributed by atoms with Gasteiger partial charge in [-0.15, -0.1) is 5.10 Å². The number of aromatic nitrogens is 2. The second-order valence-corrected chi connectivity index (χ2v) is 5.25. The summed E-state index contributed by atoms with van der Waals surface area (Å²) in [6, 6.07) is 9.62. The topological polar surface area (TPSA) is 76.5 Å². The molecule has 2 aromatic rings. The van der Waals surface area contributed by atoms with Crippen molar-refractivity contribution in [3.63, 3.8) is 0 Å². The van der Waals surface area contributed by atoms with Crippen LogP contribution in [0.4, 0.5) is 0 Å². The summed E-state index contributed by atoms with van der Waals surface area (Å²) in [6.07, 6.45) is 1.83. The number of carbonyl (C=O) groups excluding carboxylic acids is 2. The molecule has 0 unspecified atom stereocenters. The van der Waals surface area contributed by atoms with Gasteiger partial charge in [-0.3, -0.25) is 9.59 Å². The molecule has 2 amide bonds. The van der Waals surface area contributed by atoms with E-state index < -0.39 is 0 Å². The molecule has 0 aliphatic heterocycles. The highest BCUT2D eigenvalue weighted by atomic mass is 16.5. The molecule has 23 heavy (non-hydrogen) atoms. The standard InChI is InChI=1S/C16H20N4O3/c1-12-10-20(13-7-5-4-6-8-13)18-16(12)23-11-14(21)17-9-15(22)19(2)3/h4-8,10H,9,11H2,1-3H3,(H,17,21). The molecule has 2 rings (SSSR count). The number of carbonyl (C=O) groups is 2. The molecule has 122 valence electrons. The van der Waals surface area contributed by atoms with E-state index >= 15 is 0 Å². The fourth-order valence-electron chi connectivity index (χ4n) is 1.82. The maximum atomic E-state index is 11.7. The molecule has 0 bridgehead atoms. The zero-order valence-corrected chi connectivity index (χ0v) is 13.4. The van der Waals surface area contributed by atoms with Gasteiger partial charge in [0.05, 0.1) is 12.2 Å². The number of nitrogens with zero attached hydrogens (tertiary/aromatic N) is 3. The SMILES string of the molecule is Cc1cn(-c2ccccc2)nc1OCC(=O)NCC(=O)N(C)C. The van der Waals surface area contributed by atoms with E-state index in [1.54, 1.807) is 18.8 Å². The van der Waals surface area contributed by atoms with Crippen LogP contribution in [0, 0.1) is 6.92 Å². The molecule has 0 fully saturated rings. The predicted octanol–water partition coefficient (Wildman–Crippen LogP) is 0.764. The molecular formula is C16H20N4O3. The van der Waals surface area contributed by atoms with Crippen LogP contribution < -0.4 is 10.1 Å². The third-order valence-electron chi connectivity index (χ3n) is 3.15. The molecule has 1 aromatic carbocycles. The number of ether oxygens (including phenoxy) is 1. The van der Waals surface area contributed by atoms with Gasteiger partial charge in [0.15, 0.2) is 6.61 Å². The van der Waals surface area contributed by atoms with Gasteiger partial charge in [0.1, 0.15) is 0 Å². The number of likely N-dealkylation sites (N-methyl/N-ethyl adjacent to an activating group) is 1. The van der Waals surface area contributed by atoms with Gasteiger partial charge in [-0.1, -0.05) is 18.2 Å². The summed E-state index contributed by atoms with van der Waals surface area (Å²) < 4.78 is 7.12. The quantitative estimate of drug-likeness (QED) is 0.854. The minimum atomic E-state index is -0.367. The van der Waals surface area contributed by atoms with E-state index in [2.05, 4.69) is 10.4 Å². The number of amides is 2. The Morgan fingerprint density at radius 1 is 1.26 bits per heavy atom. The van der Waals surface area contributed by atoms with Crippen molar-refractivity contribution in [1.82, 2.24) is 20.0 Å². The molecule has 1 N–H and O–H groups in total. The summed E-state index contributed by atoms with van der Waals surface area (Å²) in [6.45, 7) is 1.62. The Hall–Kier alpha value is -2.83. The molecule has 1 heterocycles. The second-order valence-electron chi connectivity index (χ2n) is 5.25. The molecule has 7 heteroatoms. The van der Waals surface area contributed by atoms with Crippen LogP contribution in [0.2, 0.25) is 0 Å². The lowest BCUT2D eigenvalue weighted by Crippen LogP contribution is -2.38. The van der Waals surface area contributed by atoms with Crippen molar-refractivity contribution in [3.05, 3.63) is 42.1 Å². The van der Waals surface area contributed by atoms with Crippen LogP contribution in [0.25, 0.3) is 5.69 Å². The summed E-state index contributed by atoms with van der Waals surface area (Å²) >= 11 is 0. The largest absolute Gasteiger partial charge is 0.466 e. The van der Waals surface area contributed by atoms with Gasteiger partial charge in [0, 0.05) is 25.9 Å². The molecule has 0 radical (unpaired) electrons. The van der Waals surface area contributed by atoms with Gasteiger partial charge in [-0.05, 0) is 19.1 Å². The summed E-state index contributed by atoms with van der Waals surface area (Å²) in [5, 5.41) is 6.82. The Kier molecular flexibility index (Phi) is 5.35. The normalized spacial score (nSPS) is 10.2.